The summed E-state index contributed by atoms with van der Waals surface area (Å²) in [6.45, 7) is 0. The third-order valence-corrected chi connectivity index (χ3v) is 5.31. The van der Waals surface area contributed by atoms with Gasteiger partial charge in [0.05, 0.1) is 7.11 Å². The Morgan fingerprint density at radius 1 is 1.23 bits per heavy atom. The van der Waals surface area contributed by atoms with Crippen LogP contribution >= 0.6 is 23.1 Å². The molecule has 6 heteroatoms. The normalized spacial score (nSPS) is 10.8. The minimum absolute atomic E-state index is 0.834. The highest BCUT2D eigenvalue weighted by atomic mass is 32.2. The van der Waals surface area contributed by atoms with Crippen LogP contribution in [0.4, 0.5) is 0 Å². The topological polar surface area (TPSA) is 39.9 Å². The van der Waals surface area contributed by atoms with E-state index >= 15 is 0 Å². The van der Waals surface area contributed by atoms with Crippen molar-refractivity contribution in [2.24, 2.45) is 7.05 Å². The molecule has 2 heterocycles. The molecule has 0 N–H and O–H groups in total. The van der Waals surface area contributed by atoms with E-state index in [1.165, 1.54) is 10.4 Å². The third kappa shape index (κ3) is 3.51. The fourth-order valence-corrected chi connectivity index (χ4v) is 3.68. The summed E-state index contributed by atoms with van der Waals surface area (Å²) in [5, 5.41) is 11.6. The summed E-state index contributed by atoms with van der Waals surface area (Å²) in [5.74, 6) is 2.73. The monoisotopic (exact) mass is 331 g/mol. The van der Waals surface area contributed by atoms with Crippen molar-refractivity contribution in [1.82, 2.24) is 14.8 Å². The number of methoxy groups -OCH3 is 1. The maximum Gasteiger partial charge on any atom is 0.191 e. The Hall–Kier alpha value is -1.79. The van der Waals surface area contributed by atoms with Crippen LogP contribution in [-0.2, 0) is 19.2 Å². The van der Waals surface area contributed by atoms with Gasteiger partial charge in [-0.15, -0.1) is 21.5 Å². The lowest BCUT2D eigenvalue weighted by atomic mass is 10.2. The van der Waals surface area contributed by atoms with Crippen LogP contribution in [0.2, 0.25) is 0 Å². The molecule has 0 saturated carbocycles. The van der Waals surface area contributed by atoms with Crippen LogP contribution in [0.25, 0.3) is 0 Å². The predicted molar refractivity (Wildman–Crippen MR) is 90.7 cm³/mol. The number of thioether (sulfide) groups is 1. The number of nitrogens with zero attached hydrogens (tertiary/aromatic N) is 3. The van der Waals surface area contributed by atoms with Crippen molar-refractivity contribution >= 4 is 23.1 Å². The largest absolute Gasteiger partial charge is 0.497 e. The molecule has 1 aromatic carbocycles. The van der Waals surface area contributed by atoms with Crippen molar-refractivity contribution in [3.8, 4) is 5.75 Å². The number of thiophene rings is 1. The van der Waals surface area contributed by atoms with Gasteiger partial charge in [-0.25, -0.2) is 0 Å². The van der Waals surface area contributed by atoms with Gasteiger partial charge in [0, 0.05) is 24.1 Å². The van der Waals surface area contributed by atoms with Gasteiger partial charge in [0.25, 0.3) is 0 Å². The van der Waals surface area contributed by atoms with E-state index in [2.05, 4.69) is 44.4 Å². The Kier molecular flexibility index (Phi) is 4.80. The van der Waals surface area contributed by atoms with Gasteiger partial charge in [-0.2, -0.15) is 0 Å². The third-order valence-electron chi connectivity index (χ3n) is 3.34. The molecule has 0 saturated heterocycles. The Morgan fingerprint density at radius 3 is 2.91 bits per heavy atom. The van der Waals surface area contributed by atoms with Gasteiger partial charge in [0.1, 0.15) is 11.6 Å². The van der Waals surface area contributed by atoms with Gasteiger partial charge < -0.3 is 9.30 Å². The molecule has 22 heavy (non-hydrogen) atoms. The van der Waals surface area contributed by atoms with Gasteiger partial charge in [-0.1, -0.05) is 30.0 Å². The summed E-state index contributed by atoms with van der Waals surface area (Å²) >= 11 is 3.44. The van der Waals surface area contributed by atoms with Crippen molar-refractivity contribution in [2.45, 2.75) is 17.3 Å². The van der Waals surface area contributed by atoms with Crippen molar-refractivity contribution in [2.75, 3.05) is 7.11 Å². The number of aromatic nitrogens is 3. The van der Waals surface area contributed by atoms with E-state index in [1.54, 1.807) is 30.2 Å². The van der Waals surface area contributed by atoms with Gasteiger partial charge in [-0.05, 0) is 29.1 Å². The minimum atomic E-state index is 0.834. The number of hydrogen-bond donors (Lipinski definition) is 0. The van der Waals surface area contributed by atoms with E-state index in [0.717, 1.165) is 28.9 Å². The molecule has 0 fully saturated rings. The Labute approximate surface area is 138 Å². The van der Waals surface area contributed by atoms with Gasteiger partial charge >= 0.3 is 0 Å². The van der Waals surface area contributed by atoms with Crippen LogP contribution in [0, 0.1) is 0 Å². The zero-order valence-corrected chi connectivity index (χ0v) is 14.2. The second kappa shape index (κ2) is 6.98. The second-order valence-corrected chi connectivity index (χ2v) is 6.83. The maximum atomic E-state index is 5.25. The predicted octanol–water partition coefficient (Wildman–Crippen LogP) is 3.77. The van der Waals surface area contributed by atoms with E-state index in [0.29, 0.717) is 0 Å². The van der Waals surface area contributed by atoms with E-state index in [9.17, 15) is 0 Å². The summed E-state index contributed by atoms with van der Waals surface area (Å²) in [4.78, 5) is 1.31. The van der Waals surface area contributed by atoms with Gasteiger partial charge in [0.15, 0.2) is 5.16 Å². The van der Waals surface area contributed by atoms with Crippen molar-refractivity contribution in [3.63, 3.8) is 0 Å². The molecule has 0 bridgehead atoms. The molecular weight excluding hydrogens is 314 g/mol. The number of hydrogen-bond acceptors (Lipinski definition) is 5. The first-order valence-electron chi connectivity index (χ1n) is 6.92. The summed E-state index contributed by atoms with van der Waals surface area (Å²) < 4.78 is 7.33. The molecule has 0 aliphatic heterocycles. The highest BCUT2D eigenvalue weighted by Crippen LogP contribution is 2.24. The maximum absolute atomic E-state index is 5.25. The molecule has 0 aliphatic rings. The number of ether oxygens (including phenoxy) is 1. The zero-order chi connectivity index (χ0) is 15.4. The van der Waals surface area contributed by atoms with E-state index in [-0.39, 0.29) is 0 Å². The van der Waals surface area contributed by atoms with Crippen molar-refractivity contribution in [3.05, 3.63) is 58.0 Å². The fourth-order valence-electron chi connectivity index (χ4n) is 2.10. The van der Waals surface area contributed by atoms with Crippen LogP contribution in [-0.4, -0.2) is 21.9 Å². The molecule has 3 rings (SSSR count). The lowest BCUT2D eigenvalue weighted by Gasteiger charge is -2.05. The van der Waals surface area contributed by atoms with E-state index < -0.39 is 0 Å². The average Bonchev–Trinajstić information content (AvgIpc) is 3.17. The molecule has 0 aliphatic carbocycles. The average molecular weight is 331 g/mol. The molecule has 0 spiro atoms. The van der Waals surface area contributed by atoms with Crippen LogP contribution in [0.3, 0.4) is 0 Å². The summed E-state index contributed by atoms with van der Waals surface area (Å²) in [6.07, 6.45) is 0.834. The first-order chi connectivity index (χ1) is 10.8. The van der Waals surface area contributed by atoms with Crippen molar-refractivity contribution < 1.29 is 4.74 Å². The second-order valence-electron chi connectivity index (χ2n) is 4.85. The van der Waals surface area contributed by atoms with E-state index in [4.69, 9.17) is 4.74 Å². The van der Waals surface area contributed by atoms with Crippen LogP contribution < -0.4 is 4.74 Å². The van der Waals surface area contributed by atoms with Crippen molar-refractivity contribution in [1.29, 1.82) is 0 Å². The lowest BCUT2D eigenvalue weighted by molar-refractivity contribution is 0.414. The molecule has 4 nitrogen and oxygen atoms in total. The molecule has 3 aromatic rings. The molecule has 0 unspecified atom stereocenters. The quantitative estimate of drug-likeness (QED) is 0.645. The highest BCUT2D eigenvalue weighted by molar-refractivity contribution is 7.98. The first kappa shape index (κ1) is 15.1. The Balaban J connectivity index is 1.66. The van der Waals surface area contributed by atoms with Gasteiger partial charge in [-0.3, -0.25) is 0 Å². The SMILES string of the molecule is COc1cccc(CSc2nnc(Cc3cccs3)n2C)c1. The van der Waals surface area contributed by atoms with Crippen LogP contribution in [0.5, 0.6) is 5.75 Å². The summed E-state index contributed by atoms with van der Waals surface area (Å²) in [5.41, 5.74) is 1.21. The molecule has 2 aromatic heterocycles. The number of rotatable bonds is 6. The van der Waals surface area contributed by atoms with E-state index in [1.807, 2.05) is 19.2 Å². The first-order valence-corrected chi connectivity index (χ1v) is 8.79. The fraction of sp³-hybridized carbons (Fsp3) is 0.250. The smallest absolute Gasteiger partial charge is 0.191 e. The molecule has 0 radical (unpaired) electrons. The minimum Gasteiger partial charge on any atom is -0.497 e. The molecule has 0 amide bonds. The molecular formula is C16H17N3OS2. The Bertz CT molecular complexity index is 738. The van der Waals surface area contributed by atoms with Gasteiger partial charge in [0.2, 0.25) is 0 Å². The zero-order valence-electron chi connectivity index (χ0n) is 12.5. The summed E-state index contributed by atoms with van der Waals surface area (Å²) in [7, 11) is 3.71. The highest BCUT2D eigenvalue weighted by Gasteiger charge is 2.10. The standard InChI is InChI=1S/C16H17N3OS2/c1-19-15(10-14-7-4-8-21-14)17-18-16(19)22-11-12-5-3-6-13(9-12)20-2/h3-9H,10-11H2,1-2H3. The summed E-state index contributed by atoms with van der Waals surface area (Å²) in [6, 6.07) is 12.3. The van der Waals surface area contributed by atoms with Crippen LogP contribution in [0.15, 0.2) is 46.9 Å². The number of benzene rings is 1. The lowest BCUT2D eigenvalue weighted by Crippen LogP contribution is -1.99. The molecule has 114 valence electrons. The van der Waals surface area contributed by atoms with Crippen LogP contribution in [0.1, 0.15) is 16.3 Å². The molecule has 0 atom stereocenters. The Morgan fingerprint density at radius 2 is 2.14 bits per heavy atom.